The highest BCUT2D eigenvalue weighted by Crippen LogP contribution is 2.24. The molecule has 0 bridgehead atoms. The molecule has 3 aromatic rings. The number of aromatic nitrogens is 1. The van der Waals surface area contributed by atoms with Crippen LogP contribution in [-0.4, -0.2) is 51.9 Å². The Morgan fingerprint density at radius 3 is 2.63 bits per heavy atom. The molecule has 1 atom stereocenters. The fourth-order valence-electron chi connectivity index (χ4n) is 4.06. The van der Waals surface area contributed by atoms with Crippen molar-refractivity contribution in [2.75, 3.05) is 19.6 Å². The van der Waals surface area contributed by atoms with Crippen molar-refractivity contribution in [2.24, 2.45) is 0 Å². The molecule has 0 spiro atoms. The maximum atomic E-state index is 13.3. The standard InChI is InChI=1S/C24H27N3O3/c1-4-5-11-27-21(15-20-10-14-30-24(20)27)23(29)25-12-13-26(18(3)16-25)22(28)19-8-6-17(2)7-9-19/h4,6-10,14-15,18H,1,5,11-13,16H2,2-3H3/t18-/m1/s1. The predicted octanol–water partition coefficient (Wildman–Crippen LogP) is 4.11. The molecular weight excluding hydrogens is 378 g/mol. The summed E-state index contributed by atoms with van der Waals surface area (Å²) >= 11 is 0. The van der Waals surface area contributed by atoms with Crippen LogP contribution in [0, 0.1) is 6.92 Å². The van der Waals surface area contributed by atoms with E-state index in [-0.39, 0.29) is 17.9 Å². The van der Waals surface area contributed by atoms with Crippen LogP contribution in [0.5, 0.6) is 0 Å². The highest BCUT2D eigenvalue weighted by molar-refractivity contribution is 5.98. The molecule has 1 saturated heterocycles. The van der Waals surface area contributed by atoms with E-state index in [4.69, 9.17) is 4.42 Å². The molecular formula is C24H27N3O3. The number of rotatable bonds is 5. The zero-order chi connectivity index (χ0) is 21.3. The van der Waals surface area contributed by atoms with Crippen molar-refractivity contribution in [2.45, 2.75) is 32.9 Å². The molecule has 0 N–H and O–H groups in total. The lowest BCUT2D eigenvalue weighted by atomic mass is 10.1. The van der Waals surface area contributed by atoms with Crippen LogP contribution in [0.15, 0.2) is 59.7 Å². The number of furan rings is 1. The van der Waals surface area contributed by atoms with E-state index in [1.54, 1.807) is 6.26 Å². The average Bonchev–Trinajstić information content (AvgIpc) is 3.33. The van der Waals surface area contributed by atoms with Gasteiger partial charge in [0.1, 0.15) is 5.69 Å². The van der Waals surface area contributed by atoms with Gasteiger partial charge in [-0.05, 0) is 44.5 Å². The molecule has 156 valence electrons. The Morgan fingerprint density at radius 2 is 1.93 bits per heavy atom. The van der Waals surface area contributed by atoms with Gasteiger partial charge in [0.15, 0.2) is 0 Å². The van der Waals surface area contributed by atoms with Gasteiger partial charge in [-0.3, -0.25) is 9.59 Å². The quantitative estimate of drug-likeness (QED) is 0.601. The number of allylic oxidation sites excluding steroid dienone is 1. The third kappa shape index (κ3) is 3.65. The van der Waals surface area contributed by atoms with E-state index in [1.165, 1.54) is 0 Å². The van der Waals surface area contributed by atoms with E-state index >= 15 is 0 Å². The van der Waals surface area contributed by atoms with Crippen LogP contribution in [0.4, 0.5) is 0 Å². The molecule has 1 aromatic carbocycles. The molecule has 1 fully saturated rings. The van der Waals surface area contributed by atoms with Crippen LogP contribution >= 0.6 is 0 Å². The first kappa shape index (κ1) is 20.0. The minimum atomic E-state index is -0.0592. The van der Waals surface area contributed by atoms with Crippen molar-refractivity contribution >= 4 is 22.9 Å². The number of hydrogen-bond acceptors (Lipinski definition) is 3. The lowest BCUT2D eigenvalue weighted by Gasteiger charge is -2.40. The summed E-state index contributed by atoms with van der Waals surface area (Å²) in [6, 6.07) is 11.3. The number of amides is 2. The van der Waals surface area contributed by atoms with Crippen LogP contribution in [0.3, 0.4) is 0 Å². The molecule has 0 unspecified atom stereocenters. The molecule has 2 aromatic heterocycles. The number of fused-ring (bicyclic) bond motifs is 1. The molecule has 3 heterocycles. The topological polar surface area (TPSA) is 58.7 Å². The number of carbonyl (C=O) groups is 2. The Labute approximate surface area is 176 Å². The number of piperazine rings is 1. The molecule has 1 aliphatic rings. The van der Waals surface area contributed by atoms with Gasteiger partial charge in [0.2, 0.25) is 5.71 Å². The normalized spacial score (nSPS) is 16.8. The Bertz CT molecular complexity index is 1080. The van der Waals surface area contributed by atoms with E-state index in [1.807, 2.05) is 70.7 Å². The van der Waals surface area contributed by atoms with Crippen LogP contribution in [0.2, 0.25) is 0 Å². The van der Waals surface area contributed by atoms with Gasteiger partial charge in [-0.15, -0.1) is 6.58 Å². The van der Waals surface area contributed by atoms with Gasteiger partial charge in [-0.25, -0.2) is 0 Å². The highest BCUT2D eigenvalue weighted by atomic mass is 16.3. The first-order valence-electron chi connectivity index (χ1n) is 10.3. The summed E-state index contributed by atoms with van der Waals surface area (Å²) in [6.07, 6.45) is 4.22. The number of nitrogens with zero attached hydrogens (tertiary/aromatic N) is 3. The van der Waals surface area contributed by atoms with Crippen molar-refractivity contribution in [3.63, 3.8) is 0 Å². The van der Waals surface area contributed by atoms with Crippen LogP contribution in [0.1, 0.15) is 39.8 Å². The monoisotopic (exact) mass is 405 g/mol. The Morgan fingerprint density at radius 1 is 1.17 bits per heavy atom. The zero-order valence-electron chi connectivity index (χ0n) is 17.5. The Hall–Kier alpha value is -3.28. The van der Waals surface area contributed by atoms with Gasteiger partial charge < -0.3 is 18.8 Å². The summed E-state index contributed by atoms with van der Waals surface area (Å²) in [7, 11) is 0. The van der Waals surface area contributed by atoms with Gasteiger partial charge in [-0.2, -0.15) is 0 Å². The molecule has 0 aliphatic carbocycles. The van der Waals surface area contributed by atoms with Gasteiger partial charge in [0.05, 0.1) is 6.26 Å². The van der Waals surface area contributed by atoms with Gasteiger partial charge in [0.25, 0.3) is 11.8 Å². The highest BCUT2D eigenvalue weighted by Gasteiger charge is 2.32. The number of benzene rings is 1. The van der Waals surface area contributed by atoms with E-state index < -0.39 is 0 Å². The van der Waals surface area contributed by atoms with Crippen molar-refractivity contribution in [3.8, 4) is 0 Å². The average molecular weight is 405 g/mol. The maximum Gasteiger partial charge on any atom is 0.270 e. The first-order valence-corrected chi connectivity index (χ1v) is 10.3. The second kappa shape index (κ2) is 8.22. The summed E-state index contributed by atoms with van der Waals surface area (Å²) < 4.78 is 7.52. The fourth-order valence-corrected chi connectivity index (χ4v) is 4.06. The van der Waals surface area contributed by atoms with Crippen molar-refractivity contribution in [1.29, 1.82) is 0 Å². The second-order valence-electron chi connectivity index (χ2n) is 7.90. The fraction of sp³-hybridized carbons (Fsp3) is 0.333. The molecule has 6 nitrogen and oxygen atoms in total. The Balaban J connectivity index is 1.50. The minimum absolute atomic E-state index is 0.0153. The van der Waals surface area contributed by atoms with E-state index in [0.29, 0.717) is 43.1 Å². The van der Waals surface area contributed by atoms with Crippen LogP contribution in [0.25, 0.3) is 11.1 Å². The summed E-state index contributed by atoms with van der Waals surface area (Å²) in [5.74, 6) is -0.0128. The summed E-state index contributed by atoms with van der Waals surface area (Å²) in [5.41, 5.74) is 3.14. The molecule has 6 heteroatoms. The lowest BCUT2D eigenvalue weighted by molar-refractivity contribution is 0.0409. The van der Waals surface area contributed by atoms with Crippen LogP contribution < -0.4 is 0 Å². The van der Waals surface area contributed by atoms with Gasteiger partial charge >= 0.3 is 0 Å². The predicted molar refractivity (Wildman–Crippen MR) is 117 cm³/mol. The van der Waals surface area contributed by atoms with Gasteiger partial charge in [0, 0.05) is 43.2 Å². The van der Waals surface area contributed by atoms with Crippen LogP contribution in [-0.2, 0) is 6.54 Å². The summed E-state index contributed by atoms with van der Waals surface area (Å²) in [4.78, 5) is 29.9. The molecule has 0 radical (unpaired) electrons. The van der Waals surface area contributed by atoms with Gasteiger partial charge in [-0.1, -0.05) is 23.8 Å². The third-order valence-corrected chi connectivity index (χ3v) is 5.75. The maximum absolute atomic E-state index is 13.3. The smallest absolute Gasteiger partial charge is 0.270 e. The van der Waals surface area contributed by atoms with Crippen molar-refractivity contribution in [3.05, 3.63) is 72.1 Å². The summed E-state index contributed by atoms with van der Waals surface area (Å²) in [5, 5.41) is 0.920. The second-order valence-corrected chi connectivity index (χ2v) is 7.90. The molecule has 30 heavy (non-hydrogen) atoms. The van der Waals surface area contributed by atoms with E-state index in [0.717, 1.165) is 17.4 Å². The zero-order valence-corrected chi connectivity index (χ0v) is 17.5. The van der Waals surface area contributed by atoms with E-state index in [2.05, 4.69) is 6.58 Å². The Kier molecular flexibility index (Phi) is 5.48. The number of hydrogen-bond donors (Lipinski definition) is 0. The first-order chi connectivity index (χ1) is 14.5. The minimum Gasteiger partial charge on any atom is -0.448 e. The van der Waals surface area contributed by atoms with Crippen molar-refractivity contribution < 1.29 is 14.0 Å². The van der Waals surface area contributed by atoms with Crippen molar-refractivity contribution in [1.82, 2.24) is 14.4 Å². The number of carbonyl (C=O) groups excluding carboxylic acids is 2. The summed E-state index contributed by atoms with van der Waals surface area (Å²) in [6.45, 7) is 9.95. The third-order valence-electron chi connectivity index (χ3n) is 5.75. The number of aryl methyl sites for hydroxylation is 2. The van der Waals surface area contributed by atoms with E-state index in [9.17, 15) is 9.59 Å². The molecule has 1 aliphatic heterocycles. The SMILES string of the molecule is C=CCCn1c(C(=O)N2CCN(C(=O)c3ccc(C)cc3)[C@H](C)C2)cc2ccoc21. The largest absolute Gasteiger partial charge is 0.448 e. The molecule has 2 amide bonds. The molecule has 4 rings (SSSR count). The molecule has 0 saturated carbocycles. The lowest BCUT2D eigenvalue weighted by Crippen LogP contribution is -2.55.